The van der Waals surface area contributed by atoms with E-state index in [9.17, 15) is 15.0 Å². The smallest absolute Gasteiger partial charge is 0.336 e. The van der Waals surface area contributed by atoms with Crippen molar-refractivity contribution in [3.8, 4) is 28.6 Å². The minimum atomic E-state index is -1.02. The van der Waals surface area contributed by atoms with E-state index < -0.39 is 11.3 Å². The maximum atomic E-state index is 11.4. The molecule has 0 fully saturated rings. The maximum Gasteiger partial charge on any atom is 0.336 e. The van der Waals surface area contributed by atoms with Gasteiger partial charge in [-0.3, -0.25) is 9.98 Å². The molecule has 8 heteroatoms. The average molecular weight is 474 g/mol. The number of aromatic hydroxyl groups is 1. The number of H-pyrrole nitrogens is 1. The van der Waals surface area contributed by atoms with Crippen LogP contribution in [0.2, 0.25) is 0 Å². The number of aromatic nitrogens is 2. The SMILES string of the molecule is Cc1ccc(Oc2nc3c([nH]2)=NC(c2ccc(-c4ccccc4O)cc2)C(Cl)C=3)cc1C(=O)O. The van der Waals surface area contributed by atoms with Crippen molar-refractivity contribution < 1.29 is 19.7 Å². The Morgan fingerprint density at radius 1 is 1.09 bits per heavy atom. The number of phenols is 1. The minimum Gasteiger partial charge on any atom is -0.507 e. The number of hydrogen-bond acceptors (Lipinski definition) is 5. The second-order valence-electron chi connectivity index (χ2n) is 7.98. The van der Waals surface area contributed by atoms with Gasteiger partial charge < -0.3 is 14.9 Å². The molecule has 1 aromatic heterocycles. The standard InChI is InChI=1S/C26H20ClN3O4/c1-14-6-11-17(12-19(14)25(32)33)34-26-28-21-13-20(27)23(29-24(21)30-26)16-9-7-15(8-10-16)18-4-2-3-5-22(18)31/h2-13,20,23,31H,1H3,(H,32,33)(H,28,29,30). The Hall–Kier alpha value is -4.10. The zero-order chi connectivity index (χ0) is 23.8. The Labute approximate surface area is 199 Å². The van der Waals surface area contributed by atoms with Crippen LogP contribution >= 0.6 is 11.6 Å². The van der Waals surface area contributed by atoms with Gasteiger partial charge in [0.2, 0.25) is 0 Å². The number of halogens is 1. The number of para-hydroxylation sites is 1. The van der Waals surface area contributed by atoms with Crippen LogP contribution in [-0.4, -0.2) is 31.5 Å². The number of ether oxygens (including phenoxy) is 1. The summed E-state index contributed by atoms with van der Waals surface area (Å²) in [7, 11) is 0. The highest BCUT2D eigenvalue weighted by molar-refractivity contribution is 6.24. The zero-order valence-corrected chi connectivity index (χ0v) is 18.8. The Balaban J connectivity index is 1.42. The summed E-state index contributed by atoms with van der Waals surface area (Å²) in [6.45, 7) is 1.72. The van der Waals surface area contributed by atoms with E-state index in [-0.39, 0.29) is 23.4 Å². The molecule has 2 atom stereocenters. The highest BCUT2D eigenvalue weighted by Crippen LogP contribution is 2.32. The summed E-state index contributed by atoms with van der Waals surface area (Å²) in [5.74, 6) is -0.445. The lowest BCUT2D eigenvalue weighted by Crippen LogP contribution is -2.33. The third-order valence-corrected chi connectivity index (χ3v) is 6.06. The van der Waals surface area contributed by atoms with Crippen molar-refractivity contribution in [1.29, 1.82) is 0 Å². The van der Waals surface area contributed by atoms with Gasteiger partial charge >= 0.3 is 12.0 Å². The molecule has 5 rings (SSSR count). The number of nitrogens with one attached hydrogen (secondary N) is 1. The molecule has 3 aromatic carbocycles. The van der Waals surface area contributed by atoms with Gasteiger partial charge in [-0.25, -0.2) is 4.79 Å². The summed E-state index contributed by atoms with van der Waals surface area (Å²) in [6.07, 6.45) is 1.81. The molecule has 1 aliphatic heterocycles. The first-order chi connectivity index (χ1) is 16.4. The average Bonchev–Trinajstić information content (AvgIpc) is 3.21. The van der Waals surface area contributed by atoms with E-state index in [1.807, 2.05) is 42.5 Å². The summed E-state index contributed by atoms with van der Waals surface area (Å²) in [5.41, 5.74) is 3.91. The number of fused-ring (bicyclic) bond motifs is 1. The van der Waals surface area contributed by atoms with Crippen molar-refractivity contribution in [3.63, 3.8) is 0 Å². The van der Waals surface area contributed by atoms with Gasteiger partial charge in [0.05, 0.1) is 17.0 Å². The second-order valence-corrected chi connectivity index (χ2v) is 8.49. The lowest BCUT2D eigenvalue weighted by atomic mass is 9.98. The summed E-state index contributed by atoms with van der Waals surface area (Å²) in [5, 5.41) is 19.6. The molecule has 7 nitrogen and oxygen atoms in total. The highest BCUT2D eigenvalue weighted by atomic mass is 35.5. The van der Waals surface area contributed by atoms with Crippen LogP contribution in [0.3, 0.4) is 0 Å². The van der Waals surface area contributed by atoms with Gasteiger partial charge in [-0.1, -0.05) is 48.5 Å². The molecule has 0 aliphatic carbocycles. The molecule has 2 heterocycles. The molecule has 2 unspecified atom stereocenters. The first-order valence-electron chi connectivity index (χ1n) is 10.6. The van der Waals surface area contributed by atoms with Crippen LogP contribution in [0.25, 0.3) is 17.2 Å². The zero-order valence-electron chi connectivity index (χ0n) is 18.1. The van der Waals surface area contributed by atoms with Crippen molar-refractivity contribution in [2.24, 2.45) is 4.99 Å². The van der Waals surface area contributed by atoms with Crippen molar-refractivity contribution in [3.05, 3.63) is 94.3 Å². The van der Waals surface area contributed by atoms with Crippen molar-refractivity contribution in [2.75, 3.05) is 0 Å². The molecular formula is C26H20ClN3O4. The van der Waals surface area contributed by atoms with Crippen molar-refractivity contribution >= 4 is 23.6 Å². The molecule has 0 saturated carbocycles. The molecule has 3 N–H and O–H groups in total. The van der Waals surface area contributed by atoms with E-state index in [4.69, 9.17) is 21.3 Å². The van der Waals surface area contributed by atoms with E-state index in [1.54, 1.807) is 31.2 Å². The Morgan fingerprint density at radius 3 is 2.59 bits per heavy atom. The van der Waals surface area contributed by atoms with E-state index in [0.717, 1.165) is 16.7 Å². The molecule has 170 valence electrons. The highest BCUT2D eigenvalue weighted by Gasteiger charge is 2.23. The van der Waals surface area contributed by atoms with Gasteiger partial charge in [0.15, 0.2) is 5.49 Å². The molecule has 0 radical (unpaired) electrons. The number of rotatable bonds is 5. The number of hydrogen-bond donors (Lipinski definition) is 3. The molecule has 0 spiro atoms. The van der Waals surface area contributed by atoms with Gasteiger partial charge in [0.25, 0.3) is 0 Å². The summed E-state index contributed by atoms with van der Waals surface area (Å²) < 4.78 is 5.75. The summed E-state index contributed by atoms with van der Waals surface area (Å²) in [4.78, 5) is 23.6. The van der Waals surface area contributed by atoms with E-state index >= 15 is 0 Å². The summed E-state index contributed by atoms with van der Waals surface area (Å²) in [6, 6.07) is 19.6. The molecule has 1 aliphatic rings. The number of alkyl halides is 1. The van der Waals surface area contributed by atoms with E-state index in [0.29, 0.717) is 22.1 Å². The second kappa shape index (κ2) is 8.68. The Kier molecular flexibility index (Phi) is 5.55. The van der Waals surface area contributed by atoms with Gasteiger partial charge in [0, 0.05) is 5.56 Å². The van der Waals surface area contributed by atoms with Crippen LogP contribution in [-0.2, 0) is 0 Å². The van der Waals surface area contributed by atoms with Crippen LogP contribution in [0.1, 0.15) is 27.5 Å². The lowest BCUT2D eigenvalue weighted by molar-refractivity contribution is 0.0695. The minimum absolute atomic E-state index is 0.165. The quantitative estimate of drug-likeness (QED) is 0.374. The molecule has 0 amide bonds. The lowest BCUT2D eigenvalue weighted by Gasteiger charge is -2.18. The van der Waals surface area contributed by atoms with Gasteiger partial charge in [0.1, 0.15) is 16.8 Å². The van der Waals surface area contributed by atoms with Crippen molar-refractivity contribution in [1.82, 2.24) is 9.97 Å². The predicted molar refractivity (Wildman–Crippen MR) is 128 cm³/mol. The number of nitrogens with zero attached hydrogens (tertiary/aromatic N) is 2. The first kappa shape index (κ1) is 21.7. The fourth-order valence-electron chi connectivity index (χ4n) is 3.91. The number of imidazole rings is 1. The number of benzene rings is 3. The Morgan fingerprint density at radius 2 is 1.85 bits per heavy atom. The van der Waals surface area contributed by atoms with Crippen LogP contribution in [0, 0.1) is 6.92 Å². The topological polar surface area (TPSA) is 108 Å². The molecule has 0 saturated heterocycles. The fourth-order valence-corrected chi connectivity index (χ4v) is 4.23. The maximum absolute atomic E-state index is 11.4. The Bertz CT molecular complexity index is 1510. The van der Waals surface area contributed by atoms with Crippen LogP contribution < -0.4 is 15.6 Å². The van der Waals surface area contributed by atoms with E-state index in [2.05, 4.69) is 9.97 Å². The third kappa shape index (κ3) is 4.13. The van der Waals surface area contributed by atoms with Gasteiger partial charge in [-0.15, -0.1) is 11.6 Å². The predicted octanol–water partition coefficient (Wildman–Crippen LogP) is 4.34. The molecule has 34 heavy (non-hydrogen) atoms. The number of carboxylic acid groups (broad SMARTS) is 1. The largest absolute Gasteiger partial charge is 0.507 e. The van der Waals surface area contributed by atoms with Crippen LogP contribution in [0.5, 0.6) is 17.5 Å². The molecular weight excluding hydrogens is 454 g/mol. The number of aryl methyl sites for hydroxylation is 1. The van der Waals surface area contributed by atoms with Gasteiger partial charge in [-0.2, -0.15) is 4.98 Å². The summed E-state index contributed by atoms with van der Waals surface area (Å²) >= 11 is 6.62. The monoisotopic (exact) mass is 473 g/mol. The molecule has 4 aromatic rings. The number of aromatic carboxylic acids is 1. The first-order valence-corrected chi connectivity index (χ1v) is 11.0. The van der Waals surface area contributed by atoms with Crippen LogP contribution in [0.4, 0.5) is 0 Å². The fraction of sp³-hybridized carbons (Fsp3) is 0.115. The van der Waals surface area contributed by atoms with E-state index in [1.165, 1.54) is 6.07 Å². The number of aromatic amines is 1. The molecule has 0 bridgehead atoms. The van der Waals surface area contributed by atoms with Crippen molar-refractivity contribution in [2.45, 2.75) is 18.3 Å². The number of carboxylic acids is 1. The normalized spacial score (nSPS) is 16.8. The van der Waals surface area contributed by atoms with Crippen LogP contribution in [0.15, 0.2) is 71.7 Å². The number of phenolic OH excluding ortho intramolecular Hbond substituents is 1. The van der Waals surface area contributed by atoms with Gasteiger partial charge in [-0.05, 0) is 47.9 Å². The number of carbonyl (C=O) groups is 1. The third-order valence-electron chi connectivity index (χ3n) is 5.70.